The van der Waals surface area contributed by atoms with Crippen molar-refractivity contribution in [3.05, 3.63) is 42.7 Å². The molecule has 0 aliphatic carbocycles. The van der Waals surface area contributed by atoms with Gasteiger partial charge in [0.25, 0.3) is 0 Å². The third-order valence-corrected chi connectivity index (χ3v) is 4.24. The van der Waals surface area contributed by atoms with Crippen LogP contribution >= 0.6 is 0 Å². The molecule has 0 bridgehead atoms. The normalized spacial score (nSPS) is 15.6. The highest BCUT2D eigenvalue weighted by molar-refractivity contribution is 5.68. The molecular formula is C20H26N4O2. The number of benzene rings is 1. The molecular weight excluding hydrogens is 328 g/mol. The highest BCUT2D eigenvalue weighted by Gasteiger charge is 2.27. The second-order valence-electron chi connectivity index (χ2n) is 7.55. The van der Waals surface area contributed by atoms with Gasteiger partial charge >= 0.3 is 6.09 Å². The maximum absolute atomic E-state index is 12.1. The van der Waals surface area contributed by atoms with E-state index in [1.165, 1.54) is 0 Å². The summed E-state index contributed by atoms with van der Waals surface area (Å²) in [4.78, 5) is 22.7. The minimum atomic E-state index is -0.458. The van der Waals surface area contributed by atoms with Gasteiger partial charge in [-0.2, -0.15) is 0 Å². The number of ether oxygens (including phenoxy) is 1. The van der Waals surface area contributed by atoms with E-state index in [1.54, 1.807) is 4.90 Å². The second-order valence-corrected chi connectivity index (χ2v) is 7.55. The smallest absolute Gasteiger partial charge is 0.410 e. The van der Waals surface area contributed by atoms with Gasteiger partial charge in [-0.1, -0.05) is 30.3 Å². The lowest BCUT2D eigenvalue weighted by molar-refractivity contribution is 0.0210. The Bertz CT molecular complexity index is 718. The van der Waals surface area contributed by atoms with Crippen molar-refractivity contribution in [3.8, 4) is 11.1 Å². The van der Waals surface area contributed by atoms with Crippen molar-refractivity contribution >= 4 is 12.0 Å². The zero-order valence-electron chi connectivity index (χ0n) is 15.6. The van der Waals surface area contributed by atoms with E-state index in [1.807, 2.05) is 63.5 Å². The molecule has 1 amide bonds. The van der Waals surface area contributed by atoms with Crippen LogP contribution in [0.5, 0.6) is 0 Å². The molecule has 0 spiro atoms. The summed E-state index contributed by atoms with van der Waals surface area (Å²) >= 11 is 0. The van der Waals surface area contributed by atoms with Gasteiger partial charge in [0.15, 0.2) is 0 Å². The first kappa shape index (κ1) is 18.2. The molecule has 1 saturated heterocycles. The molecule has 0 saturated carbocycles. The highest BCUT2D eigenvalue weighted by atomic mass is 16.6. The number of hydrogen-bond donors (Lipinski definition) is 1. The Labute approximate surface area is 154 Å². The fourth-order valence-corrected chi connectivity index (χ4v) is 2.90. The van der Waals surface area contributed by atoms with Crippen molar-refractivity contribution in [1.82, 2.24) is 14.9 Å². The van der Waals surface area contributed by atoms with Gasteiger partial charge in [-0.05, 0) is 39.2 Å². The van der Waals surface area contributed by atoms with Crippen molar-refractivity contribution in [2.75, 3.05) is 18.4 Å². The standard InChI is InChI=1S/C20H26N4O2/c1-20(2,3)26-19(25)24-11-9-17(10-12-24)23-18-21-13-16(14-22-18)15-7-5-4-6-8-15/h4-8,13-14,17H,9-12H2,1-3H3,(H,21,22,23). The lowest BCUT2D eigenvalue weighted by Gasteiger charge is -2.33. The van der Waals surface area contributed by atoms with E-state index in [-0.39, 0.29) is 12.1 Å². The monoisotopic (exact) mass is 354 g/mol. The lowest BCUT2D eigenvalue weighted by atomic mass is 10.1. The molecule has 6 heteroatoms. The molecule has 1 aliphatic heterocycles. The van der Waals surface area contributed by atoms with Gasteiger partial charge < -0.3 is 15.0 Å². The van der Waals surface area contributed by atoms with Gasteiger partial charge in [-0.15, -0.1) is 0 Å². The summed E-state index contributed by atoms with van der Waals surface area (Å²) in [5.41, 5.74) is 1.64. The van der Waals surface area contributed by atoms with Gasteiger partial charge in [0.1, 0.15) is 5.60 Å². The van der Waals surface area contributed by atoms with Crippen molar-refractivity contribution in [2.45, 2.75) is 45.3 Å². The van der Waals surface area contributed by atoms with Crippen LogP contribution < -0.4 is 5.32 Å². The first-order valence-corrected chi connectivity index (χ1v) is 9.03. The summed E-state index contributed by atoms with van der Waals surface area (Å²) in [6.45, 7) is 7.00. The molecule has 138 valence electrons. The topological polar surface area (TPSA) is 67.3 Å². The van der Waals surface area contributed by atoms with E-state index in [2.05, 4.69) is 15.3 Å². The summed E-state index contributed by atoms with van der Waals surface area (Å²) in [7, 11) is 0. The van der Waals surface area contributed by atoms with Gasteiger partial charge in [-0.25, -0.2) is 14.8 Å². The van der Waals surface area contributed by atoms with Crippen LogP contribution in [0.15, 0.2) is 42.7 Å². The Balaban J connectivity index is 1.51. The van der Waals surface area contributed by atoms with E-state index in [0.717, 1.165) is 24.0 Å². The van der Waals surface area contributed by atoms with Crippen LogP contribution in [-0.4, -0.2) is 45.7 Å². The van der Waals surface area contributed by atoms with Crippen LogP contribution in [0.1, 0.15) is 33.6 Å². The maximum Gasteiger partial charge on any atom is 0.410 e. The number of carbonyl (C=O) groups excluding carboxylic acids is 1. The fraction of sp³-hybridized carbons (Fsp3) is 0.450. The molecule has 26 heavy (non-hydrogen) atoms. The second kappa shape index (κ2) is 7.72. The predicted molar refractivity (Wildman–Crippen MR) is 102 cm³/mol. The first-order chi connectivity index (χ1) is 12.4. The largest absolute Gasteiger partial charge is 0.444 e. The summed E-state index contributed by atoms with van der Waals surface area (Å²) in [6.07, 6.45) is 5.13. The molecule has 1 aromatic heterocycles. The Kier molecular flexibility index (Phi) is 5.40. The molecule has 1 fully saturated rings. The maximum atomic E-state index is 12.1. The number of amides is 1. The minimum Gasteiger partial charge on any atom is -0.444 e. The molecule has 2 heterocycles. The number of rotatable bonds is 3. The van der Waals surface area contributed by atoms with E-state index in [0.29, 0.717) is 19.0 Å². The number of nitrogens with zero attached hydrogens (tertiary/aromatic N) is 3. The van der Waals surface area contributed by atoms with Crippen LogP contribution in [0.25, 0.3) is 11.1 Å². The molecule has 1 aliphatic rings. The third kappa shape index (κ3) is 4.94. The Morgan fingerprint density at radius 1 is 1.08 bits per heavy atom. The minimum absolute atomic E-state index is 0.237. The average Bonchev–Trinajstić information content (AvgIpc) is 2.62. The van der Waals surface area contributed by atoms with Crippen LogP contribution in [0.4, 0.5) is 10.7 Å². The van der Waals surface area contributed by atoms with Crippen molar-refractivity contribution in [1.29, 1.82) is 0 Å². The zero-order chi connectivity index (χ0) is 18.6. The molecule has 2 aromatic rings. The summed E-state index contributed by atoms with van der Waals surface area (Å²) in [5.74, 6) is 0.625. The molecule has 1 aromatic carbocycles. The van der Waals surface area contributed by atoms with Gasteiger partial charge in [0, 0.05) is 37.1 Å². The molecule has 0 radical (unpaired) electrons. The van der Waals surface area contributed by atoms with Crippen LogP contribution in [0.3, 0.4) is 0 Å². The number of aromatic nitrogens is 2. The van der Waals surface area contributed by atoms with E-state index >= 15 is 0 Å². The summed E-state index contributed by atoms with van der Waals surface area (Å²) in [6, 6.07) is 10.3. The Morgan fingerprint density at radius 2 is 1.69 bits per heavy atom. The fourth-order valence-electron chi connectivity index (χ4n) is 2.90. The summed E-state index contributed by atoms with van der Waals surface area (Å²) < 4.78 is 5.43. The van der Waals surface area contributed by atoms with Crippen molar-refractivity contribution < 1.29 is 9.53 Å². The average molecular weight is 354 g/mol. The molecule has 3 rings (SSSR count). The lowest BCUT2D eigenvalue weighted by Crippen LogP contribution is -2.44. The molecule has 6 nitrogen and oxygen atoms in total. The number of anilines is 1. The van der Waals surface area contributed by atoms with Crippen molar-refractivity contribution in [2.24, 2.45) is 0 Å². The molecule has 0 unspecified atom stereocenters. The van der Waals surface area contributed by atoms with E-state index in [4.69, 9.17) is 4.74 Å². The SMILES string of the molecule is CC(C)(C)OC(=O)N1CCC(Nc2ncc(-c3ccccc3)cn2)CC1. The number of nitrogens with one attached hydrogen (secondary N) is 1. The summed E-state index contributed by atoms with van der Waals surface area (Å²) in [5, 5.41) is 3.37. The quantitative estimate of drug-likeness (QED) is 0.904. The zero-order valence-corrected chi connectivity index (χ0v) is 15.6. The van der Waals surface area contributed by atoms with Crippen LogP contribution in [-0.2, 0) is 4.74 Å². The van der Waals surface area contributed by atoms with Gasteiger partial charge in [-0.3, -0.25) is 0 Å². The number of piperidine rings is 1. The van der Waals surface area contributed by atoms with Crippen LogP contribution in [0, 0.1) is 0 Å². The molecule has 0 atom stereocenters. The number of likely N-dealkylation sites (tertiary alicyclic amines) is 1. The van der Waals surface area contributed by atoms with Crippen LogP contribution in [0.2, 0.25) is 0 Å². The van der Waals surface area contributed by atoms with Gasteiger partial charge in [0.2, 0.25) is 5.95 Å². The van der Waals surface area contributed by atoms with E-state index in [9.17, 15) is 4.79 Å². The predicted octanol–water partition coefficient (Wildman–Crippen LogP) is 3.96. The number of carbonyl (C=O) groups is 1. The van der Waals surface area contributed by atoms with Crippen molar-refractivity contribution in [3.63, 3.8) is 0 Å². The molecule has 1 N–H and O–H groups in total. The van der Waals surface area contributed by atoms with Gasteiger partial charge in [0.05, 0.1) is 0 Å². The third-order valence-electron chi connectivity index (χ3n) is 4.24. The highest BCUT2D eigenvalue weighted by Crippen LogP contribution is 2.20. The number of hydrogen-bond acceptors (Lipinski definition) is 5. The Morgan fingerprint density at radius 3 is 2.27 bits per heavy atom. The Hall–Kier alpha value is -2.63. The van der Waals surface area contributed by atoms with E-state index < -0.39 is 5.60 Å². The first-order valence-electron chi connectivity index (χ1n) is 9.03.